The zero-order chi connectivity index (χ0) is 21.3. The fourth-order valence-electron chi connectivity index (χ4n) is 2.60. The Hall–Kier alpha value is -3.56. The van der Waals surface area contributed by atoms with Crippen molar-refractivity contribution in [1.82, 2.24) is 0 Å². The van der Waals surface area contributed by atoms with Crippen LogP contribution in [-0.2, 0) is 11.3 Å². The number of allylic oxidation sites excluding steroid dienone is 1. The Morgan fingerprint density at radius 1 is 1.07 bits per heavy atom. The van der Waals surface area contributed by atoms with E-state index in [4.69, 9.17) is 9.47 Å². The maximum atomic E-state index is 13.1. The highest BCUT2D eigenvalue weighted by atomic mass is 32.2. The van der Waals surface area contributed by atoms with Crippen LogP contribution in [0.5, 0.6) is 5.75 Å². The summed E-state index contributed by atoms with van der Waals surface area (Å²) in [6, 6.07) is 22.5. The molecule has 4 nitrogen and oxygen atoms in total. The number of rotatable bonds is 7. The van der Waals surface area contributed by atoms with E-state index in [9.17, 15) is 14.4 Å². The molecule has 30 heavy (non-hydrogen) atoms. The molecule has 0 spiro atoms. The third-order valence-corrected chi connectivity index (χ3v) is 5.06. The quantitative estimate of drug-likeness (QED) is 0.273. The smallest absolute Gasteiger partial charge is 0.337 e. The monoisotopic (exact) mass is 419 g/mol. The van der Waals surface area contributed by atoms with Gasteiger partial charge in [0, 0.05) is 10.5 Å². The average molecular weight is 419 g/mol. The maximum Gasteiger partial charge on any atom is 0.337 e. The highest BCUT2D eigenvalue weighted by Crippen LogP contribution is 2.30. The normalized spacial score (nSPS) is 10.9. The number of halogens is 1. The Kier molecular flexibility index (Phi) is 7.25. The summed E-state index contributed by atoms with van der Waals surface area (Å²) < 4.78 is 23.7. The number of nitriles is 1. The van der Waals surface area contributed by atoms with E-state index in [1.165, 1.54) is 31.0 Å². The molecule has 150 valence electrons. The number of carbonyl (C=O) groups excluding carboxylic acids is 1. The zero-order valence-electron chi connectivity index (χ0n) is 16.2. The van der Waals surface area contributed by atoms with E-state index >= 15 is 0 Å². The summed E-state index contributed by atoms with van der Waals surface area (Å²) in [6.07, 6.45) is 1.74. The van der Waals surface area contributed by atoms with Crippen LogP contribution >= 0.6 is 11.8 Å². The molecule has 0 unspecified atom stereocenters. The third-order valence-electron chi connectivity index (χ3n) is 4.13. The highest BCUT2D eigenvalue weighted by Gasteiger charge is 2.07. The summed E-state index contributed by atoms with van der Waals surface area (Å²) in [5.41, 5.74) is 2.12. The number of hydrogen-bond donors (Lipinski definition) is 0. The maximum absolute atomic E-state index is 13.1. The van der Waals surface area contributed by atoms with Crippen LogP contribution in [0.2, 0.25) is 0 Å². The molecule has 0 heterocycles. The Balaban J connectivity index is 1.73. The van der Waals surface area contributed by atoms with Gasteiger partial charge in [-0.25, -0.2) is 9.18 Å². The summed E-state index contributed by atoms with van der Waals surface area (Å²) in [6.45, 7) is 0.305. The molecule has 0 aliphatic rings. The van der Waals surface area contributed by atoms with Crippen molar-refractivity contribution in [3.05, 3.63) is 100 Å². The zero-order valence-corrected chi connectivity index (χ0v) is 17.0. The second-order valence-corrected chi connectivity index (χ2v) is 7.31. The first-order valence-electron chi connectivity index (χ1n) is 9.03. The number of carbonyl (C=O) groups is 1. The minimum atomic E-state index is -0.388. The standard InChI is InChI=1S/C24H18FNO3S/c1-28-24(27)18-8-6-17(7-9-18)16-29-23-5-3-2-4-19(23)14-22(15-26)30-21-12-10-20(25)11-13-21/h2-14H,16H2,1H3/b22-14+. The van der Waals surface area contributed by atoms with Crippen molar-refractivity contribution in [3.63, 3.8) is 0 Å². The van der Waals surface area contributed by atoms with E-state index < -0.39 is 0 Å². The van der Waals surface area contributed by atoms with Crippen molar-refractivity contribution < 1.29 is 18.7 Å². The van der Waals surface area contributed by atoms with Crippen molar-refractivity contribution in [3.8, 4) is 11.8 Å². The van der Waals surface area contributed by atoms with E-state index in [-0.39, 0.29) is 11.8 Å². The minimum absolute atomic E-state index is 0.305. The number of thioether (sulfide) groups is 1. The van der Waals surface area contributed by atoms with Crippen LogP contribution in [-0.4, -0.2) is 13.1 Å². The van der Waals surface area contributed by atoms with Gasteiger partial charge in [0.05, 0.1) is 17.6 Å². The molecule has 0 N–H and O–H groups in total. The van der Waals surface area contributed by atoms with Crippen molar-refractivity contribution >= 4 is 23.8 Å². The second kappa shape index (κ2) is 10.3. The number of methoxy groups -OCH3 is 1. The first-order valence-corrected chi connectivity index (χ1v) is 9.85. The number of benzene rings is 3. The Morgan fingerprint density at radius 3 is 2.43 bits per heavy atom. The number of esters is 1. The summed E-state index contributed by atoms with van der Waals surface area (Å²) >= 11 is 1.26. The van der Waals surface area contributed by atoms with E-state index in [2.05, 4.69) is 6.07 Å². The molecule has 0 amide bonds. The molecule has 3 aromatic carbocycles. The molecule has 0 aliphatic carbocycles. The Bertz CT molecular complexity index is 1090. The van der Waals surface area contributed by atoms with Crippen LogP contribution in [0.3, 0.4) is 0 Å². The van der Waals surface area contributed by atoms with Crippen LogP contribution < -0.4 is 4.74 Å². The van der Waals surface area contributed by atoms with Gasteiger partial charge < -0.3 is 9.47 Å². The molecule has 0 fully saturated rings. The van der Waals surface area contributed by atoms with E-state index in [1.807, 2.05) is 24.3 Å². The van der Waals surface area contributed by atoms with Crippen molar-refractivity contribution in [2.45, 2.75) is 11.5 Å². The summed E-state index contributed by atoms with van der Waals surface area (Å²) in [7, 11) is 1.34. The molecule has 0 atom stereocenters. The average Bonchev–Trinajstić information content (AvgIpc) is 2.79. The van der Waals surface area contributed by atoms with Crippen LogP contribution in [0.15, 0.2) is 82.6 Å². The molecule has 0 radical (unpaired) electrons. The molecule has 6 heteroatoms. The second-order valence-electron chi connectivity index (χ2n) is 6.19. The predicted octanol–water partition coefficient (Wildman–Crippen LogP) is 5.85. The molecule has 0 saturated heterocycles. The first-order chi connectivity index (χ1) is 14.6. The van der Waals surface area contributed by atoms with Crippen molar-refractivity contribution in [2.75, 3.05) is 7.11 Å². The van der Waals surface area contributed by atoms with E-state index in [1.54, 1.807) is 42.5 Å². The van der Waals surface area contributed by atoms with Crippen LogP contribution in [0.4, 0.5) is 4.39 Å². The van der Waals surface area contributed by atoms with Crippen LogP contribution in [0.1, 0.15) is 21.5 Å². The van der Waals surface area contributed by atoms with Gasteiger partial charge in [0.15, 0.2) is 0 Å². The lowest BCUT2D eigenvalue weighted by Gasteiger charge is -2.10. The molecule has 3 rings (SSSR count). The lowest BCUT2D eigenvalue weighted by molar-refractivity contribution is 0.0600. The van der Waals surface area contributed by atoms with Gasteiger partial charge in [0.1, 0.15) is 24.2 Å². The molecular weight excluding hydrogens is 401 g/mol. The van der Waals surface area contributed by atoms with E-state index in [0.717, 1.165) is 16.0 Å². The number of ether oxygens (including phenoxy) is 2. The SMILES string of the molecule is COC(=O)c1ccc(COc2ccccc2/C=C(\C#N)Sc2ccc(F)cc2)cc1. The van der Waals surface area contributed by atoms with Gasteiger partial charge in [-0.1, -0.05) is 42.1 Å². The fraction of sp³-hybridized carbons (Fsp3) is 0.0833. The number of para-hydroxylation sites is 1. The molecular formula is C24H18FNO3S. The van der Waals surface area contributed by atoms with Gasteiger partial charge in [0.25, 0.3) is 0 Å². The lowest BCUT2D eigenvalue weighted by Crippen LogP contribution is -2.02. The third kappa shape index (κ3) is 5.72. The van der Waals surface area contributed by atoms with Crippen LogP contribution in [0.25, 0.3) is 6.08 Å². The van der Waals surface area contributed by atoms with Gasteiger partial charge in [-0.05, 0) is 54.1 Å². The van der Waals surface area contributed by atoms with Gasteiger partial charge in [-0.15, -0.1) is 0 Å². The van der Waals surface area contributed by atoms with Crippen LogP contribution in [0, 0.1) is 17.1 Å². The molecule has 0 saturated carbocycles. The van der Waals surface area contributed by atoms with Gasteiger partial charge in [-0.3, -0.25) is 0 Å². The van der Waals surface area contributed by atoms with Crippen molar-refractivity contribution in [1.29, 1.82) is 5.26 Å². The van der Waals surface area contributed by atoms with Gasteiger partial charge >= 0.3 is 5.97 Å². The van der Waals surface area contributed by atoms with Crippen molar-refractivity contribution in [2.24, 2.45) is 0 Å². The number of nitrogens with zero attached hydrogens (tertiary/aromatic N) is 1. The number of hydrogen-bond acceptors (Lipinski definition) is 5. The first kappa shape index (κ1) is 21.2. The summed E-state index contributed by atoms with van der Waals surface area (Å²) in [5, 5.41) is 9.50. The molecule has 3 aromatic rings. The molecule has 0 bridgehead atoms. The minimum Gasteiger partial charge on any atom is -0.488 e. The fourth-order valence-corrected chi connectivity index (χ4v) is 3.36. The Labute approximate surface area is 178 Å². The Morgan fingerprint density at radius 2 is 1.77 bits per heavy atom. The molecule has 0 aliphatic heterocycles. The lowest BCUT2D eigenvalue weighted by atomic mass is 10.1. The van der Waals surface area contributed by atoms with E-state index in [0.29, 0.717) is 22.8 Å². The highest BCUT2D eigenvalue weighted by molar-refractivity contribution is 8.03. The summed E-state index contributed by atoms with van der Waals surface area (Å²) in [5.74, 6) is -0.0807. The topological polar surface area (TPSA) is 59.3 Å². The largest absolute Gasteiger partial charge is 0.488 e. The molecule has 0 aromatic heterocycles. The van der Waals surface area contributed by atoms with Gasteiger partial charge in [-0.2, -0.15) is 5.26 Å². The summed E-state index contributed by atoms with van der Waals surface area (Å²) in [4.78, 5) is 12.8. The van der Waals surface area contributed by atoms with Gasteiger partial charge in [0.2, 0.25) is 0 Å². The predicted molar refractivity (Wildman–Crippen MR) is 114 cm³/mol.